The standard InChI is InChI=1S/C15H23NO2/c1-5-15(2,3)14-13(17)9-10-8-11(18-4)6-7-12(10)16-14/h6-8,13-14,16-17H,5,9H2,1-4H3. The third kappa shape index (κ3) is 2.32. The van der Waals surface area contributed by atoms with Gasteiger partial charge in [-0.25, -0.2) is 0 Å². The molecule has 100 valence electrons. The molecular formula is C15H23NO2. The first-order chi connectivity index (χ1) is 8.47. The molecule has 2 atom stereocenters. The van der Waals surface area contributed by atoms with Gasteiger partial charge >= 0.3 is 0 Å². The van der Waals surface area contributed by atoms with E-state index in [1.807, 2.05) is 18.2 Å². The van der Waals surface area contributed by atoms with E-state index >= 15 is 0 Å². The van der Waals surface area contributed by atoms with Gasteiger partial charge in [0.05, 0.1) is 19.3 Å². The van der Waals surface area contributed by atoms with Gasteiger partial charge in [0, 0.05) is 12.1 Å². The van der Waals surface area contributed by atoms with Crippen molar-refractivity contribution in [2.45, 2.75) is 45.8 Å². The van der Waals surface area contributed by atoms with E-state index in [0.717, 1.165) is 23.4 Å². The summed E-state index contributed by atoms with van der Waals surface area (Å²) < 4.78 is 5.22. The minimum atomic E-state index is -0.348. The van der Waals surface area contributed by atoms with Crippen LogP contribution in [0.2, 0.25) is 0 Å². The van der Waals surface area contributed by atoms with Crippen LogP contribution in [-0.4, -0.2) is 24.4 Å². The number of fused-ring (bicyclic) bond motifs is 1. The van der Waals surface area contributed by atoms with Crippen molar-refractivity contribution in [2.75, 3.05) is 12.4 Å². The second-order valence-corrected chi connectivity index (χ2v) is 5.76. The van der Waals surface area contributed by atoms with E-state index in [2.05, 4.69) is 26.1 Å². The lowest BCUT2D eigenvalue weighted by molar-refractivity contribution is 0.0887. The SMILES string of the molecule is CCC(C)(C)C1Nc2ccc(OC)cc2CC1O. The molecule has 0 aliphatic carbocycles. The maximum absolute atomic E-state index is 10.3. The zero-order valence-corrected chi connectivity index (χ0v) is 11.7. The second-order valence-electron chi connectivity index (χ2n) is 5.76. The van der Waals surface area contributed by atoms with E-state index in [4.69, 9.17) is 4.74 Å². The summed E-state index contributed by atoms with van der Waals surface area (Å²) in [6.07, 6.45) is 1.38. The van der Waals surface area contributed by atoms with Crippen molar-refractivity contribution in [3.05, 3.63) is 23.8 Å². The highest BCUT2D eigenvalue weighted by atomic mass is 16.5. The number of benzene rings is 1. The predicted octanol–water partition coefficient (Wildman–Crippen LogP) is 2.83. The summed E-state index contributed by atoms with van der Waals surface area (Å²) in [5.74, 6) is 0.843. The fourth-order valence-electron chi connectivity index (χ4n) is 2.55. The molecule has 2 rings (SSSR count). The van der Waals surface area contributed by atoms with Crippen molar-refractivity contribution in [1.82, 2.24) is 0 Å². The number of rotatable bonds is 3. The van der Waals surface area contributed by atoms with Gasteiger partial charge in [0.2, 0.25) is 0 Å². The molecule has 0 radical (unpaired) electrons. The molecule has 0 fully saturated rings. The van der Waals surface area contributed by atoms with Gasteiger partial charge in [-0.2, -0.15) is 0 Å². The molecule has 0 spiro atoms. The quantitative estimate of drug-likeness (QED) is 0.865. The lowest BCUT2D eigenvalue weighted by Crippen LogP contribution is -2.48. The fraction of sp³-hybridized carbons (Fsp3) is 0.600. The van der Waals surface area contributed by atoms with Crippen LogP contribution >= 0.6 is 0 Å². The predicted molar refractivity (Wildman–Crippen MR) is 74.2 cm³/mol. The molecule has 0 amide bonds. The summed E-state index contributed by atoms with van der Waals surface area (Å²) in [5, 5.41) is 13.8. The Labute approximate surface area is 109 Å². The molecule has 1 aromatic rings. The molecule has 0 aromatic heterocycles. The Morgan fingerprint density at radius 3 is 2.78 bits per heavy atom. The van der Waals surface area contributed by atoms with Crippen molar-refractivity contribution in [3.8, 4) is 5.75 Å². The zero-order chi connectivity index (χ0) is 13.3. The molecule has 0 saturated heterocycles. The number of ether oxygens (including phenoxy) is 1. The van der Waals surface area contributed by atoms with Crippen LogP contribution in [0.1, 0.15) is 32.8 Å². The van der Waals surface area contributed by atoms with E-state index in [1.54, 1.807) is 7.11 Å². The topological polar surface area (TPSA) is 41.5 Å². The summed E-state index contributed by atoms with van der Waals surface area (Å²) in [6, 6.07) is 6.10. The fourth-order valence-corrected chi connectivity index (χ4v) is 2.55. The third-order valence-electron chi connectivity index (χ3n) is 4.19. The highest BCUT2D eigenvalue weighted by Gasteiger charge is 2.36. The Balaban J connectivity index is 2.28. The smallest absolute Gasteiger partial charge is 0.119 e. The number of hydrogen-bond donors (Lipinski definition) is 2. The first kappa shape index (κ1) is 13.2. The molecule has 2 unspecified atom stereocenters. The zero-order valence-electron chi connectivity index (χ0n) is 11.7. The Hall–Kier alpha value is -1.22. The average molecular weight is 249 g/mol. The molecule has 18 heavy (non-hydrogen) atoms. The van der Waals surface area contributed by atoms with Gasteiger partial charge in [0.15, 0.2) is 0 Å². The largest absolute Gasteiger partial charge is 0.497 e. The Morgan fingerprint density at radius 2 is 2.17 bits per heavy atom. The van der Waals surface area contributed by atoms with Gasteiger partial charge in [0.25, 0.3) is 0 Å². The summed E-state index contributed by atoms with van der Waals surface area (Å²) in [4.78, 5) is 0. The monoisotopic (exact) mass is 249 g/mol. The minimum absolute atomic E-state index is 0.0804. The lowest BCUT2D eigenvalue weighted by Gasteiger charge is -2.41. The highest BCUT2D eigenvalue weighted by molar-refractivity contribution is 5.57. The van der Waals surface area contributed by atoms with Gasteiger partial charge in [-0.15, -0.1) is 0 Å². The molecule has 3 nitrogen and oxygen atoms in total. The van der Waals surface area contributed by atoms with Gasteiger partial charge in [-0.1, -0.05) is 20.8 Å². The van der Waals surface area contributed by atoms with Crippen molar-refractivity contribution < 1.29 is 9.84 Å². The molecule has 1 aromatic carbocycles. The maximum Gasteiger partial charge on any atom is 0.119 e. The number of aliphatic hydroxyl groups is 1. The van der Waals surface area contributed by atoms with E-state index < -0.39 is 0 Å². The van der Waals surface area contributed by atoms with Crippen LogP contribution in [-0.2, 0) is 6.42 Å². The van der Waals surface area contributed by atoms with Crippen LogP contribution in [0.25, 0.3) is 0 Å². The number of hydrogen-bond acceptors (Lipinski definition) is 3. The molecule has 1 heterocycles. The highest BCUT2D eigenvalue weighted by Crippen LogP contribution is 2.36. The molecule has 0 bridgehead atoms. The van der Waals surface area contributed by atoms with Gasteiger partial charge in [-0.05, 0) is 35.6 Å². The van der Waals surface area contributed by atoms with Crippen LogP contribution < -0.4 is 10.1 Å². The first-order valence-corrected chi connectivity index (χ1v) is 6.59. The van der Waals surface area contributed by atoms with Gasteiger partial charge in [-0.3, -0.25) is 0 Å². The van der Waals surface area contributed by atoms with Crippen LogP contribution in [0.4, 0.5) is 5.69 Å². The van der Waals surface area contributed by atoms with Gasteiger partial charge in [0.1, 0.15) is 5.75 Å². The Bertz CT molecular complexity index is 429. The molecule has 3 heteroatoms. The van der Waals surface area contributed by atoms with Crippen LogP contribution in [0.3, 0.4) is 0 Å². The summed E-state index contributed by atoms with van der Waals surface area (Å²) >= 11 is 0. The third-order valence-corrected chi connectivity index (χ3v) is 4.19. The van der Waals surface area contributed by atoms with Gasteiger partial charge < -0.3 is 15.2 Å². The van der Waals surface area contributed by atoms with E-state index in [1.165, 1.54) is 0 Å². The van der Waals surface area contributed by atoms with Crippen LogP contribution in [0.15, 0.2) is 18.2 Å². The molecule has 2 N–H and O–H groups in total. The van der Waals surface area contributed by atoms with Crippen LogP contribution in [0.5, 0.6) is 5.75 Å². The minimum Gasteiger partial charge on any atom is -0.497 e. The lowest BCUT2D eigenvalue weighted by atomic mass is 9.76. The normalized spacial score (nSPS) is 23.2. The Kier molecular flexibility index (Phi) is 3.53. The van der Waals surface area contributed by atoms with Crippen molar-refractivity contribution in [1.29, 1.82) is 0 Å². The second kappa shape index (κ2) is 4.81. The summed E-state index contributed by atoms with van der Waals surface area (Å²) in [5.41, 5.74) is 2.33. The number of anilines is 1. The average Bonchev–Trinajstić information content (AvgIpc) is 2.37. The number of nitrogens with one attached hydrogen (secondary N) is 1. The molecule has 1 aliphatic heterocycles. The maximum atomic E-state index is 10.3. The molecule has 1 aliphatic rings. The Morgan fingerprint density at radius 1 is 1.44 bits per heavy atom. The molecule has 0 saturated carbocycles. The summed E-state index contributed by atoms with van der Waals surface area (Å²) in [6.45, 7) is 6.56. The van der Waals surface area contributed by atoms with Crippen LogP contribution in [0, 0.1) is 5.41 Å². The van der Waals surface area contributed by atoms with Crippen molar-refractivity contribution >= 4 is 5.69 Å². The van der Waals surface area contributed by atoms with E-state index in [-0.39, 0.29) is 17.6 Å². The molecular weight excluding hydrogens is 226 g/mol. The number of aliphatic hydroxyl groups excluding tert-OH is 1. The van der Waals surface area contributed by atoms with Crippen molar-refractivity contribution in [3.63, 3.8) is 0 Å². The van der Waals surface area contributed by atoms with Crippen molar-refractivity contribution in [2.24, 2.45) is 5.41 Å². The summed E-state index contributed by atoms with van der Waals surface area (Å²) in [7, 11) is 1.66. The van der Waals surface area contributed by atoms with E-state index in [0.29, 0.717) is 6.42 Å². The number of methoxy groups -OCH3 is 1. The first-order valence-electron chi connectivity index (χ1n) is 6.59. The van der Waals surface area contributed by atoms with E-state index in [9.17, 15) is 5.11 Å².